The number of carbonyl (C=O) groups excluding carboxylic acids is 1. The predicted octanol–water partition coefficient (Wildman–Crippen LogP) is 0.986. The number of nitrogens with two attached hydrogens (primary N) is 1. The fourth-order valence-corrected chi connectivity index (χ4v) is 1.98. The molecule has 1 rings (SSSR count). The van der Waals surface area contributed by atoms with Crippen LogP contribution in [0.2, 0.25) is 0 Å². The summed E-state index contributed by atoms with van der Waals surface area (Å²) < 4.78 is 15.9. The number of nitrogens with zero attached hydrogens (tertiary/aromatic N) is 1. The second kappa shape index (κ2) is 7.07. The molecule has 0 radical (unpaired) electrons. The maximum Gasteiger partial charge on any atom is 0.410 e. The molecule has 1 aliphatic heterocycles. The van der Waals surface area contributed by atoms with Crippen LogP contribution in [-0.2, 0) is 14.2 Å². The van der Waals surface area contributed by atoms with Gasteiger partial charge in [0.1, 0.15) is 5.60 Å². The van der Waals surface area contributed by atoms with Gasteiger partial charge in [0.05, 0.1) is 25.9 Å². The predicted molar refractivity (Wildman–Crippen MR) is 72.0 cm³/mol. The van der Waals surface area contributed by atoms with Crippen LogP contribution in [-0.4, -0.2) is 62.2 Å². The van der Waals surface area contributed by atoms with Crippen molar-refractivity contribution in [2.75, 3.05) is 33.4 Å². The summed E-state index contributed by atoms with van der Waals surface area (Å²) in [6, 6.07) is -0.0752. The number of amides is 1. The molecule has 0 bridgehead atoms. The van der Waals surface area contributed by atoms with E-state index in [-0.39, 0.29) is 18.2 Å². The van der Waals surface area contributed by atoms with Crippen molar-refractivity contribution in [1.82, 2.24) is 4.90 Å². The van der Waals surface area contributed by atoms with Crippen LogP contribution in [0.4, 0.5) is 4.79 Å². The normalized spacial score (nSPS) is 24.4. The van der Waals surface area contributed by atoms with Crippen molar-refractivity contribution in [3.63, 3.8) is 0 Å². The molecule has 1 fully saturated rings. The summed E-state index contributed by atoms with van der Waals surface area (Å²) in [4.78, 5) is 13.6. The molecule has 1 heterocycles. The largest absolute Gasteiger partial charge is 0.444 e. The second-order valence-electron chi connectivity index (χ2n) is 5.87. The smallest absolute Gasteiger partial charge is 0.410 e. The molecule has 0 aliphatic carbocycles. The Bertz CT molecular complexity index is 291. The Morgan fingerprint density at radius 1 is 1.32 bits per heavy atom. The van der Waals surface area contributed by atoms with Gasteiger partial charge >= 0.3 is 6.09 Å². The van der Waals surface area contributed by atoms with E-state index in [9.17, 15) is 4.79 Å². The highest BCUT2D eigenvalue weighted by molar-refractivity contribution is 5.68. The Labute approximate surface area is 115 Å². The van der Waals surface area contributed by atoms with E-state index in [1.165, 1.54) is 0 Å². The first-order valence-electron chi connectivity index (χ1n) is 6.66. The number of methoxy groups -OCH3 is 1. The molecule has 0 unspecified atom stereocenters. The summed E-state index contributed by atoms with van der Waals surface area (Å²) in [5, 5.41) is 0. The van der Waals surface area contributed by atoms with Gasteiger partial charge < -0.3 is 24.8 Å². The van der Waals surface area contributed by atoms with E-state index >= 15 is 0 Å². The summed E-state index contributed by atoms with van der Waals surface area (Å²) in [5.74, 6) is 0. The van der Waals surface area contributed by atoms with Crippen molar-refractivity contribution in [2.45, 2.75) is 44.9 Å². The average molecular weight is 274 g/mol. The molecule has 1 amide bonds. The number of carbonyl (C=O) groups is 1. The van der Waals surface area contributed by atoms with Crippen molar-refractivity contribution in [3.8, 4) is 0 Å². The fraction of sp³-hybridized carbons (Fsp3) is 0.923. The Hall–Kier alpha value is -0.850. The lowest BCUT2D eigenvalue weighted by Gasteiger charge is -2.36. The third kappa shape index (κ3) is 6.22. The van der Waals surface area contributed by atoms with Crippen molar-refractivity contribution in [1.29, 1.82) is 0 Å². The van der Waals surface area contributed by atoms with Gasteiger partial charge in [0.25, 0.3) is 0 Å². The molecule has 19 heavy (non-hydrogen) atoms. The molecular formula is C13H26N2O4. The summed E-state index contributed by atoms with van der Waals surface area (Å²) in [6.07, 6.45) is 0.373. The minimum absolute atomic E-state index is 0.0496. The maximum atomic E-state index is 12.0. The first-order valence-corrected chi connectivity index (χ1v) is 6.66. The lowest BCUT2D eigenvalue weighted by molar-refractivity contribution is -0.0358. The Morgan fingerprint density at radius 2 is 2.00 bits per heavy atom. The van der Waals surface area contributed by atoms with Crippen molar-refractivity contribution < 1.29 is 19.0 Å². The number of rotatable bonds is 4. The van der Waals surface area contributed by atoms with Gasteiger partial charge in [-0.25, -0.2) is 4.79 Å². The lowest BCUT2D eigenvalue weighted by atomic mass is 10.0. The molecule has 2 atom stereocenters. The summed E-state index contributed by atoms with van der Waals surface area (Å²) in [6.45, 7) is 7.63. The van der Waals surface area contributed by atoms with Gasteiger partial charge in [0, 0.05) is 19.7 Å². The molecule has 0 saturated carbocycles. The van der Waals surface area contributed by atoms with Gasteiger partial charge in [0.15, 0.2) is 0 Å². The number of hydrogen-bond donors (Lipinski definition) is 1. The van der Waals surface area contributed by atoms with Crippen LogP contribution < -0.4 is 5.73 Å². The van der Waals surface area contributed by atoms with Gasteiger partial charge in [-0.15, -0.1) is 0 Å². The van der Waals surface area contributed by atoms with Crippen LogP contribution in [0.15, 0.2) is 0 Å². The topological polar surface area (TPSA) is 74.0 Å². The van der Waals surface area contributed by atoms with E-state index in [0.717, 1.165) is 6.42 Å². The molecular weight excluding hydrogens is 248 g/mol. The summed E-state index contributed by atoms with van der Waals surface area (Å²) in [7, 11) is 1.63. The third-order valence-corrected chi connectivity index (χ3v) is 2.74. The zero-order valence-electron chi connectivity index (χ0n) is 12.3. The van der Waals surface area contributed by atoms with Crippen LogP contribution in [0.25, 0.3) is 0 Å². The Morgan fingerprint density at radius 3 is 2.58 bits per heavy atom. The quantitative estimate of drug-likeness (QED) is 0.774. The van der Waals surface area contributed by atoms with Crippen LogP contribution in [0.3, 0.4) is 0 Å². The van der Waals surface area contributed by atoms with Crippen molar-refractivity contribution >= 4 is 6.09 Å². The first-order chi connectivity index (χ1) is 8.81. The Kier molecular flexibility index (Phi) is 6.03. The van der Waals surface area contributed by atoms with Gasteiger partial charge in [-0.1, -0.05) is 0 Å². The highest BCUT2D eigenvalue weighted by Crippen LogP contribution is 2.16. The molecule has 2 N–H and O–H groups in total. The molecule has 0 spiro atoms. The van der Waals surface area contributed by atoms with Crippen LogP contribution in [0.1, 0.15) is 27.2 Å². The molecule has 1 saturated heterocycles. The van der Waals surface area contributed by atoms with Crippen LogP contribution in [0.5, 0.6) is 0 Å². The van der Waals surface area contributed by atoms with Gasteiger partial charge in [0.2, 0.25) is 0 Å². The average Bonchev–Trinajstić information content (AvgIpc) is 2.26. The first kappa shape index (κ1) is 16.2. The van der Waals surface area contributed by atoms with Crippen molar-refractivity contribution in [2.24, 2.45) is 5.73 Å². The molecule has 6 nitrogen and oxygen atoms in total. The molecule has 0 aromatic rings. The Balaban J connectivity index is 2.47. The third-order valence-electron chi connectivity index (χ3n) is 2.74. The van der Waals surface area contributed by atoms with Gasteiger partial charge in [-0.3, -0.25) is 0 Å². The van der Waals surface area contributed by atoms with Crippen LogP contribution in [0, 0.1) is 0 Å². The highest BCUT2D eigenvalue weighted by Gasteiger charge is 2.31. The molecule has 6 heteroatoms. The minimum Gasteiger partial charge on any atom is -0.444 e. The van der Waals surface area contributed by atoms with E-state index in [2.05, 4.69) is 0 Å². The van der Waals surface area contributed by atoms with E-state index < -0.39 is 5.60 Å². The zero-order valence-corrected chi connectivity index (χ0v) is 12.3. The van der Waals surface area contributed by atoms with Crippen LogP contribution >= 0.6 is 0 Å². The number of likely N-dealkylation sites (tertiary alicyclic amines) is 1. The fourth-order valence-electron chi connectivity index (χ4n) is 1.98. The van der Waals surface area contributed by atoms with Gasteiger partial charge in [-0.2, -0.15) is 0 Å². The standard InChI is InChI=1S/C13H26N2O4/c1-13(2,3)19-12(16)15-8-10(14)7-11(9-15)18-6-5-17-4/h10-11H,5-9,14H2,1-4H3/t10-,11-/m1/s1. The lowest BCUT2D eigenvalue weighted by Crippen LogP contribution is -2.53. The number of hydrogen-bond acceptors (Lipinski definition) is 5. The summed E-state index contributed by atoms with van der Waals surface area (Å²) in [5.41, 5.74) is 5.47. The molecule has 0 aromatic heterocycles. The van der Waals surface area contributed by atoms with E-state index in [1.807, 2.05) is 20.8 Å². The molecule has 0 aromatic carbocycles. The van der Waals surface area contributed by atoms with Gasteiger partial charge in [-0.05, 0) is 27.2 Å². The molecule has 112 valence electrons. The zero-order chi connectivity index (χ0) is 14.5. The molecule has 1 aliphatic rings. The second-order valence-corrected chi connectivity index (χ2v) is 5.87. The maximum absolute atomic E-state index is 12.0. The van der Waals surface area contributed by atoms with E-state index in [4.69, 9.17) is 19.9 Å². The number of ether oxygens (including phenoxy) is 3. The highest BCUT2D eigenvalue weighted by atomic mass is 16.6. The van der Waals surface area contributed by atoms with Crippen molar-refractivity contribution in [3.05, 3.63) is 0 Å². The SMILES string of the molecule is COCCO[C@@H]1C[C@@H](N)CN(C(=O)OC(C)(C)C)C1. The monoisotopic (exact) mass is 274 g/mol. The number of piperidine rings is 1. The minimum atomic E-state index is -0.495. The summed E-state index contributed by atoms with van der Waals surface area (Å²) >= 11 is 0. The van der Waals surface area contributed by atoms with E-state index in [1.54, 1.807) is 12.0 Å². The van der Waals surface area contributed by atoms with E-state index in [0.29, 0.717) is 26.3 Å².